The number of nitrogens with zero attached hydrogens (tertiary/aromatic N) is 3. The van der Waals surface area contributed by atoms with Crippen molar-refractivity contribution in [2.45, 2.75) is 32.9 Å². The van der Waals surface area contributed by atoms with E-state index in [1.54, 1.807) is 18.4 Å². The van der Waals surface area contributed by atoms with Crippen LogP contribution in [0.4, 0.5) is 0 Å². The smallest absolute Gasteiger partial charge is 0.191 e. The molecule has 0 fully saturated rings. The fourth-order valence-corrected chi connectivity index (χ4v) is 3.01. The summed E-state index contributed by atoms with van der Waals surface area (Å²) >= 11 is 0. The van der Waals surface area contributed by atoms with E-state index in [1.165, 1.54) is 0 Å². The molecule has 0 radical (unpaired) electrons. The quantitative estimate of drug-likeness (QED) is 0.193. The molecule has 1 aromatic carbocycles. The van der Waals surface area contributed by atoms with Crippen LogP contribution in [0.1, 0.15) is 31.0 Å². The van der Waals surface area contributed by atoms with Crippen LogP contribution in [0.15, 0.2) is 52.1 Å². The third-order valence-electron chi connectivity index (χ3n) is 4.33. The third-order valence-corrected chi connectivity index (χ3v) is 4.33. The van der Waals surface area contributed by atoms with Crippen molar-refractivity contribution in [3.05, 3.63) is 54.2 Å². The van der Waals surface area contributed by atoms with Gasteiger partial charge in [0.1, 0.15) is 17.7 Å². The molecule has 3 rings (SSSR count). The van der Waals surface area contributed by atoms with Gasteiger partial charge >= 0.3 is 0 Å². The number of imidazole rings is 1. The minimum absolute atomic E-state index is 0. The van der Waals surface area contributed by atoms with E-state index in [1.807, 2.05) is 32.0 Å². The van der Waals surface area contributed by atoms with Crippen LogP contribution in [0.2, 0.25) is 0 Å². The molecule has 0 aliphatic rings. The van der Waals surface area contributed by atoms with Gasteiger partial charge in [-0.3, -0.25) is 4.99 Å². The molecule has 2 heterocycles. The van der Waals surface area contributed by atoms with Crippen molar-refractivity contribution in [1.82, 2.24) is 20.2 Å². The van der Waals surface area contributed by atoms with Gasteiger partial charge in [-0.2, -0.15) is 0 Å². The second kappa shape index (κ2) is 11.1. The molecule has 0 amide bonds. The van der Waals surface area contributed by atoms with Crippen LogP contribution in [-0.4, -0.2) is 40.3 Å². The molecule has 0 saturated carbocycles. The lowest BCUT2D eigenvalue weighted by Gasteiger charge is -2.13. The van der Waals surface area contributed by atoms with Gasteiger partial charge in [-0.15, -0.1) is 24.0 Å². The average Bonchev–Trinajstić information content (AvgIpc) is 3.31. The number of fused-ring (bicyclic) bond motifs is 1. The summed E-state index contributed by atoms with van der Waals surface area (Å²) in [6.45, 7) is 6.71. The second-order valence-corrected chi connectivity index (χ2v) is 6.33. The van der Waals surface area contributed by atoms with Crippen molar-refractivity contribution in [3.8, 4) is 0 Å². The molecular weight excluding hydrogens is 469 g/mol. The number of benzene rings is 1. The zero-order valence-electron chi connectivity index (χ0n) is 16.3. The first-order valence-corrected chi connectivity index (χ1v) is 9.34. The van der Waals surface area contributed by atoms with E-state index in [9.17, 15) is 5.11 Å². The normalized spacial score (nSPS) is 12.6. The van der Waals surface area contributed by atoms with Gasteiger partial charge in [0.15, 0.2) is 5.96 Å². The zero-order chi connectivity index (χ0) is 19.1. The van der Waals surface area contributed by atoms with E-state index >= 15 is 0 Å². The maximum atomic E-state index is 10.1. The van der Waals surface area contributed by atoms with Gasteiger partial charge in [0.05, 0.1) is 23.8 Å². The standard InChI is InChI=1S/C20H27N5O2.HI/c1-3-21-20(23-14-18(26)19-10-6-13-27-19)22-11-7-12-25-15(2)24-16-8-4-5-9-17(16)25;/h4-6,8-10,13,18,26H,3,7,11-12,14H2,1-2H3,(H2,21,22,23);1H. The molecule has 1 atom stereocenters. The van der Waals surface area contributed by atoms with Gasteiger partial charge in [-0.1, -0.05) is 12.1 Å². The van der Waals surface area contributed by atoms with Crippen LogP contribution in [0.5, 0.6) is 0 Å². The first-order chi connectivity index (χ1) is 13.2. The van der Waals surface area contributed by atoms with E-state index < -0.39 is 6.10 Å². The largest absolute Gasteiger partial charge is 0.467 e. The van der Waals surface area contributed by atoms with E-state index in [4.69, 9.17) is 4.42 Å². The molecule has 0 spiro atoms. The van der Waals surface area contributed by atoms with Crippen molar-refractivity contribution >= 4 is 41.0 Å². The highest BCUT2D eigenvalue weighted by Gasteiger charge is 2.10. The van der Waals surface area contributed by atoms with Crippen molar-refractivity contribution in [2.75, 3.05) is 19.6 Å². The zero-order valence-corrected chi connectivity index (χ0v) is 18.6. The Morgan fingerprint density at radius 2 is 2.07 bits per heavy atom. The minimum Gasteiger partial charge on any atom is -0.467 e. The summed E-state index contributed by atoms with van der Waals surface area (Å²) in [7, 11) is 0. The molecule has 152 valence electrons. The summed E-state index contributed by atoms with van der Waals surface area (Å²) in [6.07, 6.45) is 1.75. The first kappa shape index (κ1) is 22.2. The number of aliphatic hydroxyl groups is 1. The van der Waals surface area contributed by atoms with Gasteiger partial charge in [-0.05, 0) is 44.5 Å². The fourth-order valence-electron chi connectivity index (χ4n) is 3.01. The summed E-state index contributed by atoms with van der Waals surface area (Å²) < 4.78 is 7.44. The van der Waals surface area contributed by atoms with Crippen LogP contribution in [0.3, 0.4) is 0 Å². The number of rotatable bonds is 8. The summed E-state index contributed by atoms with van der Waals surface area (Å²) in [6, 6.07) is 11.7. The maximum Gasteiger partial charge on any atom is 0.191 e. The van der Waals surface area contributed by atoms with E-state index in [-0.39, 0.29) is 30.5 Å². The number of hydrogen-bond donors (Lipinski definition) is 3. The summed E-state index contributed by atoms with van der Waals surface area (Å²) in [5.74, 6) is 2.24. The number of halogens is 1. The minimum atomic E-state index is -0.740. The highest BCUT2D eigenvalue weighted by molar-refractivity contribution is 14.0. The van der Waals surface area contributed by atoms with E-state index in [0.717, 1.165) is 42.9 Å². The Hall–Kier alpha value is -2.07. The maximum absolute atomic E-state index is 10.1. The summed E-state index contributed by atoms with van der Waals surface area (Å²) in [5.41, 5.74) is 2.20. The molecule has 0 bridgehead atoms. The summed E-state index contributed by atoms with van der Waals surface area (Å²) in [5, 5.41) is 16.6. The van der Waals surface area contributed by atoms with Crippen molar-refractivity contribution in [1.29, 1.82) is 0 Å². The molecule has 7 nitrogen and oxygen atoms in total. The van der Waals surface area contributed by atoms with Crippen LogP contribution in [0, 0.1) is 6.92 Å². The van der Waals surface area contributed by atoms with Crippen molar-refractivity contribution < 1.29 is 9.52 Å². The van der Waals surface area contributed by atoms with Crippen molar-refractivity contribution in [2.24, 2.45) is 4.99 Å². The molecular formula is C20H28IN5O2. The number of aliphatic imine (C=N–C) groups is 1. The number of furan rings is 1. The number of para-hydroxylation sites is 2. The van der Waals surface area contributed by atoms with Crippen LogP contribution in [-0.2, 0) is 6.54 Å². The summed E-state index contributed by atoms with van der Waals surface area (Å²) in [4.78, 5) is 9.04. The topological polar surface area (TPSA) is 87.6 Å². The monoisotopic (exact) mass is 497 g/mol. The Bertz CT molecular complexity index is 876. The molecule has 1 unspecified atom stereocenters. The molecule has 0 aliphatic carbocycles. The lowest BCUT2D eigenvalue weighted by Crippen LogP contribution is -2.38. The lowest BCUT2D eigenvalue weighted by atomic mass is 10.3. The molecule has 0 aliphatic heterocycles. The van der Waals surface area contributed by atoms with Gasteiger partial charge in [0.25, 0.3) is 0 Å². The van der Waals surface area contributed by atoms with Crippen molar-refractivity contribution in [3.63, 3.8) is 0 Å². The Morgan fingerprint density at radius 3 is 2.82 bits per heavy atom. The number of aliphatic hydroxyl groups excluding tert-OH is 1. The molecule has 3 aromatic rings. The van der Waals surface area contributed by atoms with E-state index in [0.29, 0.717) is 11.7 Å². The number of nitrogens with one attached hydrogen (secondary N) is 2. The highest BCUT2D eigenvalue weighted by atomic mass is 127. The number of hydrogen-bond acceptors (Lipinski definition) is 4. The Labute approximate surface area is 182 Å². The Balaban J connectivity index is 0.00000280. The first-order valence-electron chi connectivity index (χ1n) is 9.34. The Morgan fingerprint density at radius 1 is 1.25 bits per heavy atom. The molecule has 8 heteroatoms. The van der Waals surface area contributed by atoms with Crippen LogP contribution >= 0.6 is 24.0 Å². The third kappa shape index (κ3) is 5.71. The van der Waals surface area contributed by atoms with Gasteiger partial charge in [-0.25, -0.2) is 4.98 Å². The Kier molecular flexibility index (Phi) is 8.78. The van der Waals surface area contributed by atoms with Crippen LogP contribution < -0.4 is 10.6 Å². The van der Waals surface area contributed by atoms with Gasteiger partial charge < -0.3 is 24.7 Å². The predicted molar refractivity (Wildman–Crippen MR) is 122 cm³/mol. The predicted octanol–water partition coefficient (Wildman–Crippen LogP) is 3.23. The van der Waals surface area contributed by atoms with Crippen LogP contribution in [0.25, 0.3) is 11.0 Å². The lowest BCUT2D eigenvalue weighted by molar-refractivity contribution is 0.158. The molecule has 3 N–H and O–H groups in total. The SMILES string of the molecule is CCNC(=NCC(O)c1ccco1)NCCCn1c(C)nc2ccccc21.I. The van der Waals surface area contributed by atoms with E-state index in [2.05, 4.69) is 31.2 Å². The fraction of sp³-hybridized carbons (Fsp3) is 0.400. The van der Waals surface area contributed by atoms with Gasteiger partial charge in [0, 0.05) is 19.6 Å². The second-order valence-electron chi connectivity index (χ2n) is 6.33. The molecule has 2 aromatic heterocycles. The number of aromatic nitrogens is 2. The highest BCUT2D eigenvalue weighted by Crippen LogP contribution is 2.15. The molecule has 0 saturated heterocycles. The number of aryl methyl sites for hydroxylation is 2. The molecule has 28 heavy (non-hydrogen) atoms. The number of guanidine groups is 1. The average molecular weight is 497 g/mol. The van der Waals surface area contributed by atoms with Gasteiger partial charge in [0.2, 0.25) is 0 Å².